The van der Waals surface area contributed by atoms with Gasteiger partial charge in [-0.2, -0.15) is 0 Å². The van der Waals surface area contributed by atoms with Crippen molar-refractivity contribution in [3.63, 3.8) is 0 Å². The van der Waals surface area contributed by atoms with Crippen LogP contribution in [-0.4, -0.2) is 0 Å². The average Bonchev–Trinajstić information content (AvgIpc) is 3.69. The second-order valence-electron chi connectivity index (χ2n) is 17.8. The van der Waals surface area contributed by atoms with E-state index in [1.54, 1.807) is 0 Å². The van der Waals surface area contributed by atoms with Crippen LogP contribution in [-0.2, 0) is 10.8 Å². The van der Waals surface area contributed by atoms with Crippen molar-refractivity contribution in [3.8, 4) is 44.5 Å². The highest BCUT2D eigenvalue weighted by atomic mass is 15.1. The number of hydrogen-bond acceptors (Lipinski definition) is 2. The van der Waals surface area contributed by atoms with Gasteiger partial charge >= 0.3 is 0 Å². The molecule has 0 N–H and O–H groups in total. The molecule has 0 saturated carbocycles. The van der Waals surface area contributed by atoms with E-state index in [1.165, 1.54) is 66.8 Å². The summed E-state index contributed by atoms with van der Waals surface area (Å²) >= 11 is 0. The lowest BCUT2D eigenvalue weighted by molar-refractivity contribution is 0.660. The minimum Gasteiger partial charge on any atom is -0.311 e. The first kappa shape index (κ1) is 37.6. The predicted molar refractivity (Wildman–Crippen MR) is 262 cm³/mol. The van der Waals surface area contributed by atoms with Crippen molar-refractivity contribution in [1.29, 1.82) is 0 Å². The van der Waals surface area contributed by atoms with Crippen molar-refractivity contribution in [2.75, 3.05) is 9.80 Å². The molecule has 0 atom stereocenters. The van der Waals surface area contributed by atoms with Crippen molar-refractivity contribution in [2.24, 2.45) is 0 Å². The minimum atomic E-state index is -0.0993. The van der Waals surface area contributed by atoms with Gasteiger partial charge < -0.3 is 9.80 Å². The maximum atomic E-state index is 2.45. The fourth-order valence-corrected chi connectivity index (χ4v) is 10.2. The van der Waals surface area contributed by atoms with Crippen molar-refractivity contribution >= 4 is 34.1 Å². The molecule has 0 spiro atoms. The van der Waals surface area contributed by atoms with Gasteiger partial charge in [0.25, 0.3) is 0 Å². The van der Waals surface area contributed by atoms with E-state index >= 15 is 0 Å². The van der Waals surface area contributed by atoms with Gasteiger partial charge in [-0.15, -0.1) is 0 Å². The summed E-state index contributed by atoms with van der Waals surface area (Å²) in [5.41, 5.74) is 22.3. The third-order valence-electron chi connectivity index (χ3n) is 13.5. The van der Waals surface area contributed by atoms with Crippen LogP contribution in [0.3, 0.4) is 0 Å². The topological polar surface area (TPSA) is 6.48 Å². The Morgan fingerprint density at radius 3 is 0.903 bits per heavy atom. The second-order valence-corrected chi connectivity index (χ2v) is 17.8. The van der Waals surface area contributed by atoms with Crippen LogP contribution in [0.1, 0.15) is 49.9 Å². The van der Waals surface area contributed by atoms with E-state index in [-0.39, 0.29) is 10.8 Å². The molecule has 0 fully saturated rings. The summed E-state index contributed by atoms with van der Waals surface area (Å²) in [5, 5.41) is 0. The fourth-order valence-electron chi connectivity index (χ4n) is 10.2. The van der Waals surface area contributed by atoms with Crippen LogP contribution in [0.15, 0.2) is 218 Å². The van der Waals surface area contributed by atoms with Crippen LogP contribution in [0.4, 0.5) is 34.1 Å². The van der Waals surface area contributed by atoms with E-state index in [4.69, 9.17) is 0 Å². The summed E-state index contributed by atoms with van der Waals surface area (Å²) in [6, 6.07) is 80.0. The number of anilines is 6. The molecule has 0 bridgehead atoms. The van der Waals surface area contributed by atoms with Gasteiger partial charge in [-0.3, -0.25) is 0 Å². The van der Waals surface area contributed by atoms with Gasteiger partial charge in [-0.1, -0.05) is 173 Å². The zero-order valence-electron chi connectivity index (χ0n) is 35.7. The first-order valence-electron chi connectivity index (χ1n) is 21.8. The summed E-state index contributed by atoms with van der Waals surface area (Å²) in [5.74, 6) is 0. The van der Waals surface area contributed by atoms with Crippen LogP contribution >= 0.6 is 0 Å². The lowest BCUT2D eigenvalue weighted by atomic mass is 9.82. The van der Waals surface area contributed by atoms with Crippen molar-refractivity contribution in [1.82, 2.24) is 0 Å². The molecule has 0 saturated heterocycles. The number of fused-ring (bicyclic) bond motifs is 6. The largest absolute Gasteiger partial charge is 0.311 e. The zero-order valence-corrected chi connectivity index (χ0v) is 35.7. The van der Waals surface area contributed by atoms with E-state index in [0.29, 0.717) is 0 Å². The molecule has 0 amide bonds. The first-order valence-corrected chi connectivity index (χ1v) is 21.8. The summed E-state index contributed by atoms with van der Waals surface area (Å²) in [4.78, 5) is 4.75. The van der Waals surface area contributed by atoms with Crippen LogP contribution in [0.5, 0.6) is 0 Å². The van der Waals surface area contributed by atoms with Gasteiger partial charge in [0.05, 0.1) is 0 Å². The Morgan fingerprint density at radius 1 is 0.242 bits per heavy atom. The summed E-state index contributed by atoms with van der Waals surface area (Å²) < 4.78 is 0. The zero-order chi connectivity index (χ0) is 42.0. The Balaban J connectivity index is 0.921. The molecule has 9 aromatic rings. The van der Waals surface area contributed by atoms with Crippen LogP contribution in [0.2, 0.25) is 0 Å². The molecular formula is C60H48N2. The summed E-state index contributed by atoms with van der Waals surface area (Å²) in [7, 11) is 0. The highest BCUT2D eigenvalue weighted by Crippen LogP contribution is 2.53. The van der Waals surface area contributed by atoms with Gasteiger partial charge in [-0.25, -0.2) is 0 Å². The second kappa shape index (κ2) is 14.6. The molecule has 2 heteroatoms. The number of nitrogens with zero attached hydrogens (tertiary/aromatic N) is 2. The van der Waals surface area contributed by atoms with Crippen molar-refractivity contribution in [3.05, 3.63) is 241 Å². The van der Waals surface area contributed by atoms with Crippen molar-refractivity contribution < 1.29 is 0 Å². The van der Waals surface area contributed by atoms with Gasteiger partial charge in [0.1, 0.15) is 0 Å². The molecule has 0 aliphatic heterocycles. The SMILES string of the molecule is CC1(C)c2ccccc2-c2ccc(N(c3ccc(-c4ccc(-c5ccc(N(c6ccccc6)c6ccccc6)cc5)cc4)cc3)c3ccc4c(c3)C(C)(C)c3ccccc3-4)cc21. The molecule has 62 heavy (non-hydrogen) atoms. The van der Waals surface area contributed by atoms with E-state index < -0.39 is 0 Å². The molecule has 298 valence electrons. The highest BCUT2D eigenvalue weighted by molar-refractivity contribution is 5.89. The molecular weight excluding hydrogens is 749 g/mol. The Hall–Kier alpha value is -7.42. The number of para-hydroxylation sites is 2. The number of rotatable bonds is 8. The molecule has 0 aromatic heterocycles. The van der Waals surface area contributed by atoms with E-state index in [1.807, 2.05) is 0 Å². The van der Waals surface area contributed by atoms with E-state index in [9.17, 15) is 0 Å². The Kier molecular flexibility index (Phi) is 8.87. The smallest absolute Gasteiger partial charge is 0.0465 e. The van der Waals surface area contributed by atoms with Crippen LogP contribution < -0.4 is 9.80 Å². The standard InChI is InChI=1S/C60H48N2/c1-59(2)55-21-13-11-19-51(55)53-37-35-49(39-57(53)59)62(50-36-38-54-52-20-12-14-22-56(52)60(3,4)58(54)40-50)48-33-29-44(30-34-48)42-25-23-41(24-26-42)43-27-31-47(32-28-43)61(45-15-7-5-8-16-45)46-17-9-6-10-18-46/h5-40H,1-4H3. The maximum Gasteiger partial charge on any atom is 0.0465 e. The molecule has 9 aromatic carbocycles. The van der Waals surface area contributed by atoms with Gasteiger partial charge in [0, 0.05) is 45.0 Å². The maximum absolute atomic E-state index is 2.45. The predicted octanol–water partition coefficient (Wildman–Crippen LogP) is 16.6. The lowest BCUT2D eigenvalue weighted by Gasteiger charge is -2.30. The molecule has 2 aliphatic carbocycles. The molecule has 0 heterocycles. The minimum absolute atomic E-state index is 0.0993. The molecule has 11 rings (SSSR count). The third-order valence-corrected chi connectivity index (χ3v) is 13.5. The summed E-state index contributed by atoms with van der Waals surface area (Å²) in [6.45, 7) is 9.45. The Bertz CT molecular complexity index is 2940. The lowest BCUT2D eigenvalue weighted by Crippen LogP contribution is -2.18. The Labute approximate surface area is 366 Å². The van der Waals surface area contributed by atoms with Gasteiger partial charge in [0.15, 0.2) is 0 Å². The third kappa shape index (κ3) is 6.17. The molecule has 2 nitrogen and oxygen atoms in total. The summed E-state index contributed by atoms with van der Waals surface area (Å²) in [6.07, 6.45) is 0. The molecule has 0 unspecified atom stereocenters. The number of benzene rings is 9. The van der Waals surface area contributed by atoms with Crippen LogP contribution in [0.25, 0.3) is 44.5 Å². The highest BCUT2D eigenvalue weighted by Gasteiger charge is 2.37. The van der Waals surface area contributed by atoms with Crippen LogP contribution in [0, 0.1) is 0 Å². The Morgan fingerprint density at radius 2 is 0.516 bits per heavy atom. The molecule has 2 aliphatic rings. The first-order chi connectivity index (χ1) is 30.3. The van der Waals surface area contributed by atoms with E-state index in [0.717, 1.165) is 34.1 Å². The average molecular weight is 797 g/mol. The quantitative estimate of drug-likeness (QED) is 0.151. The van der Waals surface area contributed by atoms with E-state index in [2.05, 4.69) is 256 Å². The van der Waals surface area contributed by atoms with Gasteiger partial charge in [-0.05, 0) is 140 Å². The number of hydrogen-bond donors (Lipinski definition) is 0. The normalized spacial score (nSPS) is 13.7. The van der Waals surface area contributed by atoms with Crippen molar-refractivity contribution in [2.45, 2.75) is 38.5 Å². The monoisotopic (exact) mass is 796 g/mol. The fraction of sp³-hybridized carbons (Fsp3) is 0.100. The molecule has 0 radical (unpaired) electrons. The van der Waals surface area contributed by atoms with Gasteiger partial charge in [0.2, 0.25) is 0 Å².